The molecule has 6 rings (SSSR count). The van der Waals surface area contributed by atoms with E-state index in [1.165, 1.54) is 12.3 Å². The number of amides is 1. The minimum Gasteiger partial charge on any atom is -0.441 e. The van der Waals surface area contributed by atoms with Crippen LogP contribution in [0.15, 0.2) is 67.1 Å². The number of aromatic nitrogens is 3. The summed E-state index contributed by atoms with van der Waals surface area (Å²) in [7, 11) is 0. The van der Waals surface area contributed by atoms with Gasteiger partial charge in [0.1, 0.15) is 5.60 Å². The Morgan fingerprint density at radius 2 is 2.05 bits per heavy atom. The first-order chi connectivity index (χ1) is 18.0. The number of carbonyl (C=O) groups is 1. The molecule has 7 nitrogen and oxygen atoms in total. The Balaban J connectivity index is 1.15. The van der Waals surface area contributed by atoms with Crippen LogP contribution in [0, 0.1) is 23.2 Å². The van der Waals surface area contributed by atoms with Crippen LogP contribution in [0.1, 0.15) is 36.8 Å². The quantitative estimate of drug-likeness (QED) is 0.332. The summed E-state index contributed by atoms with van der Waals surface area (Å²) in [6.45, 7) is 1.79. The second kappa shape index (κ2) is 9.32. The van der Waals surface area contributed by atoms with Gasteiger partial charge in [-0.1, -0.05) is 18.2 Å². The average Bonchev–Trinajstić information content (AvgIpc) is 3.43. The number of fused-ring (bicyclic) bond motifs is 1. The van der Waals surface area contributed by atoms with Crippen molar-refractivity contribution in [3.8, 4) is 17.2 Å². The molecule has 0 radical (unpaired) electrons. The molecule has 1 aliphatic carbocycles. The molecule has 0 N–H and O–H groups in total. The molecular formula is C29H26FN5O2. The van der Waals surface area contributed by atoms with Gasteiger partial charge in [0.05, 0.1) is 35.5 Å². The third-order valence-electron chi connectivity index (χ3n) is 7.51. The molecule has 1 saturated heterocycles. The number of pyridine rings is 1. The fraction of sp³-hybridized carbons (Fsp3) is 0.310. The molecular weight excluding hydrogens is 469 g/mol. The van der Waals surface area contributed by atoms with Gasteiger partial charge in [-0.15, -0.1) is 0 Å². The highest BCUT2D eigenvalue weighted by Crippen LogP contribution is 2.41. The number of carbonyl (C=O) groups excluding carboxylic acids is 1. The lowest BCUT2D eigenvalue weighted by atomic mass is 9.78. The topological polar surface area (TPSA) is 84.0 Å². The largest absolute Gasteiger partial charge is 0.441 e. The molecule has 2 aromatic carbocycles. The van der Waals surface area contributed by atoms with Gasteiger partial charge in [-0.05, 0) is 79.1 Å². The maximum Gasteiger partial charge on any atom is 0.410 e. The van der Waals surface area contributed by atoms with E-state index in [1.54, 1.807) is 17.0 Å². The number of nitriles is 1. The number of nitrogens with zero attached hydrogens (tertiary/aromatic N) is 5. The van der Waals surface area contributed by atoms with E-state index in [2.05, 4.69) is 20.6 Å². The van der Waals surface area contributed by atoms with E-state index in [1.807, 2.05) is 42.7 Å². The first kappa shape index (κ1) is 23.2. The number of imidazole rings is 1. The van der Waals surface area contributed by atoms with E-state index >= 15 is 0 Å². The molecule has 8 heteroatoms. The summed E-state index contributed by atoms with van der Waals surface area (Å²) >= 11 is 0. The van der Waals surface area contributed by atoms with Gasteiger partial charge in [-0.2, -0.15) is 9.65 Å². The maximum atomic E-state index is 13.2. The zero-order valence-corrected chi connectivity index (χ0v) is 20.3. The third-order valence-corrected chi connectivity index (χ3v) is 7.51. The summed E-state index contributed by atoms with van der Waals surface area (Å²) in [6, 6.07) is 18.7. The van der Waals surface area contributed by atoms with Crippen LogP contribution in [-0.4, -0.2) is 37.7 Å². The summed E-state index contributed by atoms with van der Waals surface area (Å²) in [5, 5.41) is 9.28. The van der Waals surface area contributed by atoms with Crippen molar-refractivity contribution in [3.05, 3.63) is 84.2 Å². The number of ether oxygens (including phenoxy) is 1. The highest BCUT2D eigenvalue weighted by atomic mass is 19.1. The van der Waals surface area contributed by atoms with E-state index in [0.29, 0.717) is 24.6 Å². The predicted octanol–water partition coefficient (Wildman–Crippen LogP) is 5.69. The Kier molecular flexibility index (Phi) is 5.84. The van der Waals surface area contributed by atoms with E-state index in [9.17, 15) is 14.4 Å². The van der Waals surface area contributed by atoms with Gasteiger partial charge < -0.3 is 9.30 Å². The minimum absolute atomic E-state index is 0.277. The number of hydrogen-bond donors (Lipinski definition) is 0. The molecule has 0 bridgehead atoms. The van der Waals surface area contributed by atoms with Gasteiger partial charge >= 0.3 is 6.09 Å². The Hall–Kier alpha value is -4.25. The van der Waals surface area contributed by atoms with Crippen molar-refractivity contribution in [1.29, 1.82) is 5.26 Å². The molecule has 2 unspecified atom stereocenters. The van der Waals surface area contributed by atoms with Crippen molar-refractivity contribution < 1.29 is 13.9 Å². The van der Waals surface area contributed by atoms with Gasteiger partial charge in [0, 0.05) is 24.8 Å². The number of benzene rings is 2. The average molecular weight is 496 g/mol. The van der Waals surface area contributed by atoms with Crippen molar-refractivity contribution in [2.75, 3.05) is 6.54 Å². The van der Waals surface area contributed by atoms with E-state index < -0.39 is 11.5 Å². The minimum atomic E-state index is -0.510. The SMILES string of the molecule is N#Cc1ccc2ncn(CC3CCCC4(C3)CN(Cc3cccc(-c5ccc(F)nc5)c3)C(=O)O4)c2c1. The predicted molar refractivity (Wildman–Crippen MR) is 136 cm³/mol. The maximum absolute atomic E-state index is 13.2. The van der Waals surface area contributed by atoms with Crippen molar-refractivity contribution in [3.63, 3.8) is 0 Å². The monoisotopic (exact) mass is 495 g/mol. The first-order valence-corrected chi connectivity index (χ1v) is 12.5. The highest BCUT2D eigenvalue weighted by molar-refractivity contribution is 5.77. The molecule has 1 amide bonds. The Morgan fingerprint density at radius 1 is 1.14 bits per heavy atom. The van der Waals surface area contributed by atoms with E-state index in [-0.39, 0.29) is 6.09 Å². The lowest BCUT2D eigenvalue weighted by Crippen LogP contribution is -2.40. The molecule has 1 aliphatic heterocycles. The van der Waals surface area contributed by atoms with Gasteiger partial charge in [-0.3, -0.25) is 4.90 Å². The summed E-state index contributed by atoms with van der Waals surface area (Å²) in [4.78, 5) is 22.9. The van der Waals surface area contributed by atoms with Crippen molar-refractivity contribution in [1.82, 2.24) is 19.4 Å². The van der Waals surface area contributed by atoms with Crippen LogP contribution in [0.3, 0.4) is 0 Å². The lowest BCUT2D eigenvalue weighted by Gasteiger charge is -2.36. The van der Waals surface area contributed by atoms with E-state index in [0.717, 1.165) is 60.0 Å². The van der Waals surface area contributed by atoms with Crippen LogP contribution in [0.25, 0.3) is 22.2 Å². The van der Waals surface area contributed by atoms with Gasteiger partial charge in [-0.25, -0.2) is 14.8 Å². The zero-order chi connectivity index (χ0) is 25.4. The molecule has 2 fully saturated rings. The molecule has 2 atom stereocenters. The molecule has 37 heavy (non-hydrogen) atoms. The van der Waals surface area contributed by atoms with Crippen LogP contribution in [-0.2, 0) is 17.8 Å². The van der Waals surface area contributed by atoms with Gasteiger partial charge in [0.25, 0.3) is 0 Å². The standard InChI is InChI=1S/C29H26FN5O2/c30-27-9-7-24(15-32-27)23-5-1-3-21(11-23)16-34-18-29(37-28(34)36)10-2-4-22(13-29)17-35-19-33-25-8-6-20(14-31)12-26(25)35/h1,3,5-9,11-12,15,19,22H,2,4,10,13,16-18H2. The Morgan fingerprint density at radius 3 is 2.89 bits per heavy atom. The molecule has 3 heterocycles. The zero-order valence-electron chi connectivity index (χ0n) is 20.3. The van der Waals surface area contributed by atoms with Crippen LogP contribution >= 0.6 is 0 Å². The third kappa shape index (κ3) is 4.65. The van der Waals surface area contributed by atoms with Crippen molar-refractivity contribution >= 4 is 17.1 Å². The first-order valence-electron chi connectivity index (χ1n) is 12.5. The molecule has 1 saturated carbocycles. The van der Waals surface area contributed by atoms with Crippen molar-refractivity contribution in [2.45, 2.75) is 44.4 Å². The summed E-state index contributed by atoms with van der Waals surface area (Å²) in [5.74, 6) is -0.164. The normalized spacial score (nSPS) is 21.4. The number of rotatable bonds is 5. The molecule has 4 aromatic rings. The molecule has 186 valence electrons. The number of halogens is 1. The van der Waals surface area contributed by atoms with Crippen LogP contribution in [0.5, 0.6) is 0 Å². The fourth-order valence-corrected chi connectivity index (χ4v) is 5.82. The van der Waals surface area contributed by atoms with Crippen LogP contribution in [0.4, 0.5) is 9.18 Å². The second-order valence-corrected chi connectivity index (χ2v) is 10.2. The summed E-state index contributed by atoms with van der Waals surface area (Å²) < 4.78 is 21.4. The second-order valence-electron chi connectivity index (χ2n) is 10.2. The van der Waals surface area contributed by atoms with E-state index in [4.69, 9.17) is 4.74 Å². The van der Waals surface area contributed by atoms with Crippen molar-refractivity contribution in [2.24, 2.45) is 5.92 Å². The highest BCUT2D eigenvalue weighted by Gasteiger charge is 2.47. The van der Waals surface area contributed by atoms with Crippen LogP contribution in [0.2, 0.25) is 0 Å². The number of hydrogen-bond acceptors (Lipinski definition) is 5. The molecule has 1 spiro atoms. The Labute approximate surface area is 214 Å². The smallest absolute Gasteiger partial charge is 0.410 e. The summed E-state index contributed by atoms with van der Waals surface area (Å²) in [6.07, 6.45) is 6.79. The van der Waals surface area contributed by atoms with Crippen LogP contribution < -0.4 is 0 Å². The van der Waals surface area contributed by atoms with Gasteiger partial charge in [0.2, 0.25) is 5.95 Å². The molecule has 2 aliphatic rings. The molecule has 2 aromatic heterocycles. The Bertz CT molecular complexity index is 1510. The lowest BCUT2D eigenvalue weighted by molar-refractivity contribution is 0.00415. The fourth-order valence-electron chi connectivity index (χ4n) is 5.82. The summed E-state index contributed by atoms with van der Waals surface area (Å²) in [5.41, 5.74) is 4.72. The van der Waals surface area contributed by atoms with Gasteiger partial charge in [0.15, 0.2) is 0 Å².